The number of methoxy groups -OCH3 is 1. The van der Waals surface area contributed by atoms with Gasteiger partial charge in [0.25, 0.3) is 5.91 Å². The van der Waals surface area contributed by atoms with Gasteiger partial charge in [0.1, 0.15) is 5.56 Å². The fourth-order valence-corrected chi connectivity index (χ4v) is 1.87. The van der Waals surface area contributed by atoms with Gasteiger partial charge in [-0.15, -0.1) is 0 Å². The number of anilines is 1. The van der Waals surface area contributed by atoms with Crippen molar-refractivity contribution in [2.75, 3.05) is 19.0 Å². The number of aromatic nitrogens is 1. The van der Waals surface area contributed by atoms with Crippen LogP contribution in [0.25, 0.3) is 0 Å². The minimum atomic E-state index is -4.56. The Morgan fingerprint density at radius 2 is 1.96 bits per heavy atom. The molecule has 9 heteroatoms. The Kier molecular flexibility index (Phi) is 5.58. The van der Waals surface area contributed by atoms with Crippen LogP contribution < -0.4 is 10.1 Å². The van der Waals surface area contributed by atoms with Crippen molar-refractivity contribution < 1.29 is 32.2 Å². The number of carbonyl (C=O) groups excluding carboxylic acids is 2. The summed E-state index contributed by atoms with van der Waals surface area (Å²) in [7, 11) is 1.22. The van der Waals surface area contributed by atoms with Crippen molar-refractivity contribution in [1.82, 2.24) is 4.98 Å². The molecular formula is C16H13F3N2O4. The summed E-state index contributed by atoms with van der Waals surface area (Å²) in [5.41, 5.74) is 0.300. The van der Waals surface area contributed by atoms with Crippen molar-refractivity contribution in [2.24, 2.45) is 0 Å². The summed E-state index contributed by atoms with van der Waals surface area (Å²) >= 11 is 0. The molecule has 0 aliphatic heterocycles. The van der Waals surface area contributed by atoms with E-state index in [0.29, 0.717) is 0 Å². The number of nitrogens with zero attached hydrogens (tertiary/aromatic N) is 1. The highest BCUT2D eigenvalue weighted by atomic mass is 19.4. The number of esters is 1. The summed E-state index contributed by atoms with van der Waals surface area (Å²) in [6.45, 7) is -1.57. The molecule has 6 nitrogen and oxygen atoms in total. The lowest BCUT2D eigenvalue weighted by Gasteiger charge is -2.12. The van der Waals surface area contributed by atoms with E-state index in [-0.39, 0.29) is 16.8 Å². The molecule has 1 aromatic heterocycles. The van der Waals surface area contributed by atoms with Crippen LogP contribution in [0.1, 0.15) is 20.7 Å². The summed E-state index contributed by atoms with van der Waals surface area (Å²) in [5.74, 6) is -1.76. The third-order valence-corrected chi connectivity index (χ3v) is 2.93. The van der Waals surface area contributed by atoms with E-state index in [4.69, 9.17) is 0 Å². The number of amides is 1. The fourth-order valence-electron chi connectivity index (χ4n) is 1.87. The van der Waals surface area contributed by atoms with Crippen molar-refractivity contribution in [1.29, 1.82) is 0 Å². The first-order valence-electron chi connectivity index (χ1n) is 6.94. The summed E-state index contributed by atoms with van der Waals surface area (Å²) in [4.78, 5) is 27.4. The third-order valence-electron chi connectivity index (χ3n) is 2.93. The van der Waals surface area contributed by atoms with Crippen molar-refractivity contribution >= 4 is 17.6 Å². The van der Waals surface area contributed by atoms with Gasteiger partial charge in [-0.25, -0.2) is 9.78 Å². The van der Waals surface area contributed by atoms with Crippen LogP contribution in [-0.2, 0) is 4.74 Å². The number of hydrogen-bond acceptors (Lipinski definition) is 5. The van der Waals surface area contributed by atoms with Gasteiger partial charge in [-0.2, -0.15) is 13.2 Å². The normalized spacial score (nSPS) is 10.9. The molecule has 0 saturated heterocycles. The van der Waals surface area contributed by atoms with Gasteiger partial charge in [-0.3, -0.25) is 4.79 Å². The molecule has 0 unspecified atom stereocenters. The molecule has 132 valence electrons. The van der Waals surface area contributed by atoms with Crippen LogP contribution in [0.4, 0.5) is 18.9 Å². The Bertz CT molecular complexity index is 778. The van der Waals surface area contributed by atoms with E-state index in [0.717, 1.165) is 0 Å². The van der Waals surface area contributed by atoms with Crippen molar-refractivity contribution in [3.8, 4) is 5.88 Å². The van der Waals surface area contributed by atoms with Gasteiger partial charge < -0.3 is 14.8 Å². The first kappa shape index (κ1) is 18.2. The van der Waals surface area contributed by atoms with E-state index in [1.807, 2.05) is 0 Å². The lowest BCUT2D eigenvalue weighted by molar-refractivity contribution is -0.154. The van der Waals surface area contributed by atoms with E-state index in [9.17, 15) is 22.8 Å². The average Bonchev–Trinajstić information content (AvgIpc) is 2.59. The first-order chi connectivity index (χ1) is 11.8. The zero-order valence-electron chi connectivity index (χ0n) is 13.0. The number of pyridine rings is 1. The molecule has 2 aromatic rings. The number of hydrogen-bond donors (Lipinski definition) is 1. The van der Waals surface area contributed by atoms with E-state index in [1.165, 1.54) is 49.7 Å². The lowest BCUT2D eigenvalue weighted by atomic mass is 10.2. The van der Waals surface area contributed by atoms with Gasteiger partial charge in [-0.1, -0.05) is 6.07 Å². The third kappa shape index (κ3) is 5.20. The summed E-state index contributed by atoms with van der Waals surface area (Å²) < 4.78 is 46.0. The Labute approximate surface area is 140 Å². The number of halogens is 3. The van der Waals surface area contributed by atoms with Gasteiger partial charge in [0, 0.05) is 11.9 Å². The van der Waals surface area contributed by atoms with Crippen LogP contribution >= 0.6 is 0 Å². The summed E-state index contributed by atoms with van der Waals surface area (Å²) in [6, 6.07) is 8.56. The maximum Gasteiger partial charge on any atom is 0.422 e. The lowest BCUT2D eigenvalue weighted by Crippen LogP contribution is -2.22. The maximum absolute atomic E-state index is 12.3. The average molecular weight is 354 g/mol. The molecular weight excluding hydrogens is 341 g/mol. The molecule has 1 N–H and O–H groups in total. The molecule has 1 aromatic carbocycles. The smallest absolute Gasteiger partial charge is 0.422 e. The largest absolute Gasteiger partial charge is 0.467 e. The summed E-state index contributed by atoms with van der Waals surface area (Å²) in [6.07, 6.45) is -3.35. The maximum atomic E-state index is 12.3. The first-order valence-corrected chi connectivity index (χ1v) is 6.94. The number of benzene rings is 1. The highest BCUT2D eigenvalue weighted by molar-refractivity contribution is 6.06. The minimum Gasteiger partial charge on any atom is -0.467 e. The summed E-state index contributed by atoms with van der Waals surface area (Å²) in [5, 5.41) is 2.47. The van der Waals surface area contributed by atoms with Crippen molar-refractivity contribution in [2.45, 2.75) is 6.18 Å². The molecule has 2 rings (SSSR count). The van der Waals surface area contributed by atoms with Gasteiger partial charge in [0.05, 0.1) is 12.7 Å². The van der Waals surface area contributed by atoms with Crippen LogP contribution in [0.15, 0.2) is 42.6 Å². The SMILES string of the molecule is COC(=O)c1cccc(NC(=O)c2cccnc2OCC(F)(F)F)c1. The van der Waals surface area contributed by atoms with Crippen LogP contribution in [0, 0.1) is 0 Å². The van der Waals surface area contributed by atoms with E-state index in [2.05, 4.69) is 19.8 Å². The van der Waals surface area contributed by atoms with Gasteiger partial charge in [0.15, 0.2) is 6.61 Å². The standard InChI is InChI=1S/C16H13F3N2O4/c1-24-15(23)10-4-2-5-11(8-10)21-13(22)12-6-3-7-20-14(12)25-9-16(17,18)19/h2-8H,9H2,1H3,(H,21,22). The Morgan fingerprint density at radius 3 is 2.64 bits per heavy atom. The van der Waals surface area contributed by atoms with E-state index < -0.39 is 30.5 Å². The second-order valence-electron chi connectivity index (χ2n) is 4.79. The zero-order chi connectivity index (χ0) is 18.4. The molecule has 1 heterocycles. The highest BCUT2D eigenvalue weighted by Crippen LogP contribution is 2.21. The zero-order valence-corrected chi connectivity index (χ0v) is 13.0. The fraction of sp³-hybridized carbons (Fsp3) is 0.188. The number of alkyl halides is 3. The van der Waals surface area contributed by atoms with Crippen molar-refractivity contribution in [3.05, 3.63) is 53.7 Å². The Balaban J connectivity index is 2.17. The minimum absolute atomic E-state index is 0.171. The predicted molar refractivity (Wildman–Crippen MR) is 81.5 cm³/mol. The molecule has 0 spiro atoms. The highest BCUT2D eigenvalue weighted by Gasteiger charge is 2.29. The Hall–Kier alpha value is -3.10. The van der Waals surface area contributed by atoms with Gasteiger partial charge >= 0.3 is 12.1 Å². The molecule has 0 saturated carbocycles. The predicted octanol–water partition coefficient (Wildman–Crippen LogP) is 3.06. The molecule has 0 bridgehead atoms. The molecule has 0 fully saturated rings. The number of rotatable bonds is 5. The van der Waals surface area contributed by atoms with Gasteiger partial charge in [0.2, 0.25) is 5.88 Å². The van der Waals surface area contributed by atoms with Crippen LogP contribution in [-0.4, -0.2) is 36.8 Å². The molecule has 0 atom stereocenters. The van der Waals surface area contributed by atoms with E-state index in [1.54, 1.807) is 0 Å². The number of nitrogens with one attached hydrogen (secondary N) is 1. The van der Waals surface area contributed by atoms with Crippen LogP contribution in [0.3, 0.4) is 0 Å². The molecule has 0 aliphatic carbocycles. The van der Waals surface area contributed by atoms with Crippen molar-refractivity contribution in [3.63, 3.8) is 0 Å². The van der Waals surface area contributed by atoms with Crippen LogP contribution in [0.5, 0.6) is 5.88 Å². The van der Waals surface area contributed by atoms with E-state index >= 15 is 0 Å². The second-order valence-corrected chi connectivity index (χ2v) is 4.79. The molecule has 1 amide bonds. The molecule has 25 heavy (non-hydrogen) atoms. The molecule has 0 radical (unpaired) electrons. The monoisotopic (exact) mass is 354 g/mol. The van der Waals surface area contributed by atoms with Crippen LogP contribution in [0.2, 0.25) is 0 Å². The number of carbonyl (C=O) groups is 2. The Morgan fingerprint density at radius 1 is 1.20 bits per heavy atom. The number of ether oxygens (including phenoxy) is 2. The topological polar surface area (TPSA) is 77.5 Å². The van der Waals surface area contributed by atoms with Gasteiger partial charge in [-0.05, 0) is 30.3 Å². The quantitative estimate of drug-likeness (QED) is 0.835. The molecule has 0 aliphatic rings. The second kappa shape index (κ2) is 7.65.